The lowest BCUT2D eigenvalue weighted by molar-refractivity contribution is -0.135. The molecule has 1 heterocycles. The van der Waals surface area contributed by atoms with Crippen LogP contribution in [0.3, 0.4) is 0 Å². The van der Waals surface area contributed by atoms with Gasteiger partial charge in [-0.25, -0.2) is 4.39 Å². The molecule has 3 heteroatoms. The number of rotatable bonds is 3. The predicted molar refractivity (Wildman–Crippen MR) is 80.6 cm³/mol. The minimum atomic E-state index is -0.798. The first kappa shape index (κ1) is 15.0. The Morgan fingerprint density at radius 3 is 2.86 bits per heavy atom. The van der Waals surface area contributed by atoms with Crippen molar-refractivity contribution < 1.29 is 14.2 Å². The molecule has 116 valence electrons. The Labute approximate surface area is 126 Å². The van der Waals surface area contributed by atoms with Crippen LogP contribution >= 0.6 is 0 Å². The van der Waals surface area contributed by atoms with Gasteiger partial charge in [-0.3, -0.25) is 0 Å². The lowest BCUT2D eigenvalue weighted by atomic mass is 9.73. The van der Waals surface area contributed by atoms with Gasteiger partial charge in [-0.2, -0.15) is 0 Å². The van der Waals surface area contributed by atoms with E-state index < -0.39 is 5.60 Å². The van der Waals surface area contributed by atoms with Crippen LogP contribution in [-0.4, -0.2) is 22.9 Å². The van der Waals surface area contributed by atoms with Crippen molar-refractivity contribution >= 4 is 0 Å². The second-order valence-electron chi connectivity index (χ2n) is 7.09. The highest BCUT2D eigenvalue weighted by molar-refractivity contribution is 5.19. The molecule has 1 spiro atoms. The maximum atomic E-state index is 13.3. The van der Waals surface area contributed by atoms with Crippen LogP contribution in [0.5, 0.6) is 0 Å². The number of hydrogen-bond acceptors (Lipinski definition) is 2. The predicted octanol–water partition coefficient (Wildman–Crippen LogP) is 3.86. The van der Waals surface area contributed by atoms with Gasteiger partial charge in [-0.15, -0.1) is 0 Å². The summed E-state index contributed by atoms with van der Waals surface area (Å²) in [4.78, 5) is 0. The van der Waals surface area contributed by atoms with Gasteiger partial charge < -0.3 is 9.84 Å². The van der Waals surface area contributed by atoms with Gasteiger partial charge in [0.25, 0.3) is 0 Å². The fraction of sp³-hybridized carbons (Fsp3) is 0.667. The molecule has 1 aromatic rings. The Bertz CT molecular complexity index is 492. The molecule has 1 saturated carbocycles. The highest BCUT2D eigenvalue weighted by atomic mass is 19.1. The van der Waals surface area contributed by atoms with E-state index in [1.807, 2.05) is 13.0 Å². The Morgan fingerprint density at radius 1 is 1.38 bits per heavy atom. The van der Waals surface area contributed by atoms with Crippen molar-refractivity contribution in [2.75, 3.05) is 6.61 Å². The molecular formula is C18H25FO2. The molecule has 1 saturated heterocycles. The highest BCUT2D eigenvalue weighted by Crippen LogP contribution is 2.45. The van der Waals surface area contributed by atoms with E-state index in [2.05, 4.69) is 0 Å². The van der Waals surface area contributed by atoms with E-state index in [1.165, 1.54) is 25.0 Å². The van der Waals surface area contributed by atoms with Crippen LogP contribution in [0.1, 0.15) is 51.0 Å². The van der Waals surface area contributed by atoms with Gasteiger partial charge >= 0.3 is 0 Å². The van der Waals surface area contributed by atoms with Crippen LogP contribution in [0.25, 0.3) is 0 Å². The Balaban J connectivity index is 1.71. The highest BCUT2D eigenvalue weighted by Gasteiger charge is 2.45. The van der Waals surface area contributed by atoms with Crippen LogP contribution in [0.15, 0.2) is 24.3 Å². The summed E-state index contributed by atoms with van der Waals surface area (Å²) in [6.07, 6.45) is 7.06. The third-order valence-electron chi connectivity index (χ3n) is 5.34. The molecule has 2 nitrogen and oxygen atoms in total. The zero-order valence-electron chi connectivity index (χ0n) is 12.8. The molecule has 21 heavy (non-hydrogen) atoms. The van der Waals surface area contributed by atoms with Crippen molar-refractivity contribution in [1.29, 1.82) is 0 Å². The van der Waals surface area contributed by atoms with Crippen molar-refractivity contribution in [3.63, 3.8) is 0 Å². The monoisotopic (exact) mass is 292 g/mol. The summed E-state index contributed by atoms with van der Waals surface area (Å²) in [5.41, 5.74) is 0.0779. The average Bonchev–Trinajstić information content (AvgIpc) is 2.86. The van der Waals surface area contributed by atoms with E-state index >= 15 is 0 Å². The normalized spacial score (nSPS) is 27.7. The van der Waals surface area contributed by atoms with Gasteiger partial charge in [0.05, 0.1) is 11.2 Å². The topological polar surface area (TPSA) is 29.5 Å². The second kappa shape index (κ2) is 5.69. The maximum Gasteiger partial charge on any atom is 0.123 e. The number of hydrogen-bond donors (Lipinski definition) is 1. The molecular weight excluding hydrogens is 267 g/mol. The minimum absolute atomic E-state index is 0.00877. The smallest absolute Gasteiger partial charge is 0.123 e. The molecule has 3 rings (SSSR count). The molecule has 1 N–H and O–H groups in total. The van der Waals surface area contributed by atoms with Crippen LogP contribution in [0.2, 0.25) is 0 Å². The molecule has 1 aliphatic carbocycles. The second-order valence-corrected chi connectivity index (χ2v) is 7.09. The lowest BCUT2D eigenvalue weighted by Gasteiger charge is -2.44. The molecule has 0 aromatic heterocycles. The molecule has 0 radical (unpaired) electrons. The zero-order valence-corrected chi connectivity index (χ0v) is 12.8. The molecule has 2 atom stereocenters. The van der Waals surface area contributed by atoms with Crippen LogP contribution in [0, 0.1) is 11.7 Å². The number of benzene rings is 1. The number of aliphatic hydroxyl groups is 1. The summed E-state index contributed by atoms with van der Waals surface area (Å²) in [6.45, 7) is 2.64. The molecule has 2 unspecified atom stereocenters. The minimum Gasteiger partial charge on any atom is -0.390 e. The first-order chi connectivity index (χ1) is 9.99. The van der Waals surface area contributed by atoms with Crippen LogP contribution in [0.4, 0.5) is 4.39 Å². The maximum absolute atomic E-state index is 13.3. The van der Waals surface area contributed by atoms with E-state index in [1.54, 1.807) is 6.07 Å². The number of ether oxygens (including phenoxy) is 1. The third kappa shape index (κ3) is 3.29. The first-order valence-corrected chi connectivity index (χ1v) is 8.10. The van der Waals surface area contributed by atoms with Gasteiger partial charge in [-0.05, 0) is 56.2 Å². The molecule has 1 aromatic carbocycles. The average molecular weight is 292 g/mol. The van der Waals surface area contributed by atoms with Gasteiger partial charge in [0.2, 0.25) is 0 Å². The van der Waals surface area contributed by atoms with Crippen molar-refractivity contribution in [2.45, 2.75) is 63.1 Å². The third-order valence-corrected chi connectivity index (χ3v) is 5.34. The lowest BCUT2D eigenvalue weighted by Crippen LogP contribution is -2.47. The summed E-state index contributed by atoms with van der Waals surface area (Å²) in [5, 5.41) is 10.9. The first-order valence-electron chi connectivity index (χ1n) is 8.10. The molecule has 0 amide bonds. The standard InChI is InChI=1S/C18H25FO2/c1-17(20,12-14-5-4-6-16(19)11-14)15-7-10-21-18(13-15)8-2-3-9-18/h4-6,11,15,20H,2-3,7-10,12-13H2,1H3. The molecule has 0 bridgehead atoms. The SMILES string of the molecule is CC(O)(Cc1cccc(F)c1)C1CCOC2(CCCC2)C1. The fourth-order valence-electron chi connectivity index (χ4n) is 4.13. The van der Waals surface area contributed by atoms with E-state index in [9.17, 15) is 9.50 Å². The van der Waals surface area contributed by atoms with E-state index in [0.717, 1.165) is 37.9 Å². The Kier molecular flexibility index (Phi) is 4.06. The van der Waals surface area contributed by atoms with E-state index in [-0.39, 0.29) is 17.3 Å². The van der Waals surface area contributed by atoms with Gasteiger partial charge in [0.15, 0.2) is 0 Å². The summed E-state index contributed by atoms with van der Waals surface area (Å²) in [5.74, 6) is -0.00448. The summed E-state index contributed by atoms with van der Waals surface area (Å²) >= 11 is 0. The Morgan fingerprint density at radius 2 is 2.14 bits per heavy atom. The van der Waals surface area contributed by atoms with Crippen LogP contribution < -0.4 is 0 Å². The zero-order chi connectivity index (χ0) is 14.9. The Hall–Kier alpha value is -0.930. The van der Waals surface area contributed by atoms with Crippen LogP contribution in [-0.2, 0) is 11.2 Å². The largest absolute Gasteiger partial charge is 0.390 e. The van der Waals surface area contributed by atoms with E-state index in [4.69, 9.17) is 4.74 Å². The number of halogens is 1. The quantitative estimate of drug-likeness (QED) is 0.916. The van der Waals surface area contributed by atoms with Crippen molar-refractivity contribution in [1.82, 2.24) is 0 Å². The summed E-state index contributed by atoms with van der Waals surface area (Å²) in [7, 11) is 0. The molecule has 2 aliphatic rings. The van der Waals surface area contributed by atoms with Gasteiger partial charge in [-0.1, -0.05) is 25.0 Å². The van der Waals surface area contributed by atoms with Crippen molar-refractivity contribution in [3.8, 4) is 0 Å². The fourth-order valence-corrected chi connectivity index (χ4v) is 4.13. The molecule has 2 fully saturated rings. The molecule has 1 aliphatic heterocycles. The van der Waals surface area contributed by atoms with Crippen molar-refractivity contribution in [2.24, 2.45) is 5.92 Å². The van der Waals surface area contributed by atoms with Crippen molar-refractivity contribution in [3.05, 3.63) is 35.6 Å². The summed E-state index contributed by atoms with van der Waals surface area (Å²) in [6, 6.07) is 6.57. The van der Waals surface area contributed by atoms with E-state index in [0.29, 0.717) is 6.42 Å². The van der Waals surface area contributed by atoms with Gasteiger partial charge in [0, 0.05) is 13.0 Å². The summed E-state index contributed by atoms with van der Waals surface area (Å²) < 4.78 is 19.4. The van der Waals surface area contributed by atoms with Gasteiger partial charge in [0.1, 0.15) is 5.82 Å².